The van der Waals surface area contributed by atoms with Gasteiger partial charge in [-0.2, -0.15) is 0 Å². The van der Waals surface area contributed by atoms with Crippen LogP contribution in [0.2, 0.25) is 5.02 Å². The number of nitrogens with zero attached hydrogens (tertiary/aromatic N) is 1. The molecule has 16 heavy (non-hydrogen) atoms. The number of hydrogen-bond acceptors (Lipinski definition) is 1. The van der Waals surface area contributed by atoms with E-state index in [-0.39, 0.29) is 5.41 Å². The molecule has 0 unspecified atom stereocenters. The third-order valence-electron chi connectivity index (χ3n) is 3.34. The molecule has 1 aromatic carbocycles. The van der Waals surface area contributed by atoms with Gasteiger partial charge in [-0.1, -0.05) is 37.6 Å². The minimum Gasteiger partial charge on any atom is -0.387 e. The highest BCUT2D eigenvalue weighted by atomic mass is 35.5. The number of halogens is 1. The van der Waals surface area contributed by atoms with Crippen molar-refractivity contribution in [3.63, 3.8) is 0 Å². The van der Waals surface area contributed by atoms with Crippen LogP contribution in [0, 0.1) is 0 Å². The van der Waals surface area contributed by atoms with Crippen molar-refractivity contribution in [2.75, 3.05) is 7.05 Å². The molecule has 88 valence electrons. The lowest BCUT2D eigenvalue weighted by atomic mass is 9.75. The molecular formula is C13H19ClN2. The summed E-state index contributed by atoms with van der Waals surface area (Å²) in [5.74, 6) is 0.694. The highest BCUT2D eigenvalue weighted by molar-refractivity contribution is 6.30. The zero-order valence-electron chi connectivity index (χ0n) is 10.1. The van der Waals surface area contributed by atoms with E-state index in [1.165, 1.54) is 5.56 Å². The highest BCUT2D eigenvalue weighted by Crippen LogP contribution is 2.32. The van der Waals surface area contributed by atoms with Crippen LogP contribution in [0.15, 0.2) is 29.3 Å². The smallest absolute Gasteiger partial charge is 0.104 e. The Kier molecular flexibility index (Phi) is 4.36. The van der Waals surface area contributed by atoms with E-state index in [1.54, 1.807) is 7.05 Å². The average Bonchev–Trinajstić information content (AvgIpc) is 2.33. The number of hydrogen-bond donors (Lipinski definition) is 1. The minimum atomic E-state index is -0.153. The van der Waals surface area contributed by atoms with Gasteiger partial charge in [0.2, 0.25) is 0 Å². The number of nitrogens with two attached hydrogens (primary N) is 1. The summed E-state index contributed by atoms with van der Waals surface area (Å²) >= 11 is 5.90. The van der Waals surface area contributed by atoms with Crippen molar-refractivity contribution >= 4 is 17.4 Å². The summed E-state index contributed by atoms with van der Waals surface area (Å²) in [6.45, 7) is 4.27. The van der Waals surface area contributed by atoms with Gasteiger partial charge in [0.05, 0.1) is 5.41 Å². The Hall–Kier alpha value is -1.02. The molecule has 0 amide bonds. The zero-order valence-corrected chi connectivity index (χ0v) is 10.9. The van der Waals surface area contributed by atoms with Crippen LogP contribution in [-0.2, 0) is 5.41 Å². The van der Waals surface area contributed by atoms with Gasteiger partial charge >= 0.3 is 0 Å². The first kappa shape index (κ1) is 13.0. The Labute approximate surface area is 103 Å². The van der Waals surface area contributed by atoms with Gasteiger partial charge in [-0.3, -0.25) is 4.99 Å². The molecule has 0 bridgehead atoms. The largest absolute Gasteiger partial charge is 0.387 e. The maximum Gasteiger partial charge on any atom is 0.104 e. The molecule has 0 aliphatic rings. The Balaban J connectivity index is 3.26. The second kappa shape index (κ2) is 5.35. The van der Waals surface area contributed by atoms with Gasteiger partial charge in [-0.25, -0.2) is 0 Å². The maximum atomic E-state index is 6.06. The molecule has 0 atom stereocenters. The predicted octanol–water partition coefficient (Wildman–Crippen LogP) is 3.38. The summed E-state index contributed by atoms with van der Waals surface area (Å²) in [6.07, 6.45) is 1.88. The monoisotopic (exact) mass is 238 g/mol. The van der Waals surface area contributed by atoms with E-state index >= 15 is 0 Å². The summed E-state index contributed by atoms with van der Waals surface area (Å²) in [5.41, 5.74) is 7.09. The molecule has 0 aromatic heterocycles. The van der Waals surface area contributed by atoms with E-state index < -0.39 is 0 Å². The molecule has 0 heterocycles. The second-order valence-corrected chi connectivity index (χ2v) is 4.34. The van der Waals surface area contributed by atoms with Crippen LogP contribution < -0.4 is 5.73 Å². The molecule has 0 saturated carbocycles. The third-order valence-corrected chi connectivity index (χ3v) is 3.59. The fraction of sp³-hybridized carbons (Fsp3) is 0.462. The Morgan fingerprint density at radius 3 is 2.12 bits per heavy atom. The quantitative estimate of drug-likeness (QED) is 0.634. The summed E-state index contributed by atoms with van der Waals surface area (Å²) < 4.78 is 0. The van der Waals surface area contributed by atoms with E-state index in [2.05, 4.69) is 18.8 Å². The van der Waals surface area contributed by atoms with Crippen molar-refractivity contribution in [2.45, 2.75) is 32.1 Å². The van der Waals surface area contributed by atoms with Crippen molar-refractivity contribution in [2.24, 2.45) is 10.7 Å². The topological polar surface area (TPSA) is 38.4 Å². The predicted molar refractivity (Wildman–Crippen MR) is 71.3 cm³/mol. The molecule has 0 radical (unpaired) electrons. The zero-order chi connectivity index (χ0) is 12.2. The van der Waals surface area contributed by atoms with Crippen LogP contribution in [-0.4, -0.2) is 12.9 Å². The Bertz CT molecular complexity index is 364. The molecule has 3 heteroatoms. The maximum absolute atomic E-state index is 6.06. The van der Waals surface area contributed by atoms with Gasteiger partial charge in [0.15, 0.2) is 0 Å². The molecule has 1 rings (SSSR count). The van der Waals surface area contributed by atoms with E-state index in [0.29, 0.717) is 5.84 Å². The van der Waals surface area contributed by atoms with Crippen molar-refractivity contribution in [1.82, 2.24) is 0 Å². The summed E-state index contributed by atoms with van der Waals surface area (Å²) in [5, 5.41) is 0.747. The summed E-state index contributed by atoms with van der Waals surface area (Å²) in [6, 6.07) is 7.88. The number of amidine groups is 1. The molecular weight excluding hydrogens is 220 g/mol. The fourth-order valence-corrected chi connectivity index (χ4v) is 2.28. The van der Waals surface area contributed by atoms with E-state index in [9.17, 15) is 0 Å². The average molecular weight is 239 g/mol. The van der Waals surface area contributed by atoms with Gasteiger partial charge in [0.1, 0.15) is 5.84 Å². The van der Waals surface area contributed by atoms with Crippen LogP contribution in [0.25, 0.3) is 0 Å². The third kappa shape index (κ3) is 2.22. The van der Waals surface area contributed by atoms with Gasteiger partial charge in [-0.15, -0.1) is 0 Å². The van der Waals surface area contributed by atoms with Crippen molar-refractivity contribution < 1.29 is 0 Å². The lowest BCUT2D eigenvalue weighted by Crippen LogP contribution is -2.40. The Morgan fingerprint density at radius 1 is 1.25 bits per heavy atom. The first-order valence-electron chi connectivity index (χ1n) is 5.59. The van der Waals surface area contributed by atoms with Crippen molar-refractivity contribution in [3.8, 4) is 0 Å². The first-order chi connectivity index (χ1) is 7.60. The van der Waals surface area contributed by atoms with Gasteiger partial charge in [-0.05, 0) is 30.5 Å². The van der Waals surface area contributed by atoms with Crippen LogP contribution in [0.5, 0.6) is 0 Å². The normalized spacial score (nSPS) is 12.9. The number of benzene rings is 1. The molecule has 2 N–H and O–H groups in total. The lowest BCUT2D eigenvalue weighted by molar-refractivity contribution is 0.528. The van der Waals surface area contributed by atoms with E-state index in [0.717, 1.165) is 17.9 Å². The SMILES string of the molecule is CCC(CC)(C(N)=NC)c1ccc(Cl)cc1. The van der Waals surface area contributed by atoms with Crippen LogP contribution in [0.4, 0.5) is 0 Å². The van der Waals surface area contributed by atoms with Gasteiger partial charge < -0.3 is 5.73 Å². The van der Waals surface area contributed by atoms with Gasteiger partial charge in [0.25, 0.3) is 0 Å². The minimum absolute atomic E-state index is 0.153. The van der Waals surface area contributed by atoms with Crippen LogP contribution in [0.1, 0.15) is 32.3 Å². The summed E-state index contributed by atoms with van der Waals surface area (Å²) in [4.78, 5) is 4.16. The molecule has 0 saturated heterocycles. The molecule has 0 fully saturated rings. The van der Waals surface area contributed by atoms with Crippen molar-refractivity contribution in [1.29, 1.82) is 0 Å². The number of aliphatic imine (C=N–C) groups is 1. The van der Waals surface area contributed by atoms with Crippen LogP contribution >= 0.6 is 11.6 Å². The van der Waals surface area contributed by atoms with E-state index in [1.807, 2.05) is 24.3 Å². The molecule has 2 nitrogen and oxygen atoms in total. The molecule has 1 aromatic rings. The first-order valence-corrected chi connectivity index (χ1v) is 5.97. The second-order valence-electron chi connectivity index (χ2n) is 3.90. The highest BCUT2D eigenvalue weighted by Gasteiger charge is 2.32. The molecule has 0 spiro atoms. The van der Waals surface area contributed by atoms with Crippen LogP contribution in [0.3, 0.4) is 0 Å². The van der Waals surface area contributed by atoms with Gasteiger partial charge in [0, 0.05) is 12.1 Å². The fourth-order valence-electron chi connectivity index (χ4n) is 2.15. The molecule has 0 aliphatic carbocycles. The lowest BCUT2D eigenvalue weighted by Gasteiger charge is -2.31. The summed E-state index contributed by atoms with van der Waals surface area (Å²) in [7, 11) is 1.74. The standard InChI is InChI=1S/C13H19ClN2/c1-4-13(5-2,12(15)16-3)10-6-8-11(14)9-7-10/h6-9H,4-5H2,1-3H3,(H2,15,16). The number of rotatable bonds is 4. The van der Waals surface area contributed by atoms with Crippen molar-refractivity contribution in [3.05, 3.63) is 34.9 Å². The molecule has 0 aliphatic heterocycles. The Morgan fingerprint density at radius 2 is 1.75 bits per heavy atom. The van der Waals surface area contributed by atoms with E-state index in [4.69, 9.17) is 17.3 Å².